The minimum absolute atomic E-state index is 0. The fraction of sp³-hybridized carbons (Fsp3) is 0.222. The second-order valence-electron chi connectivity index (χ2n) is 4.60. The van der Waals surface area contributed by atoms with Crippen LogP contribution in [0, 0.1) is 0 Å². The number of hydrogen-bond acceptors (Lipinski definition) is 1. The summed E-state index contributed by atoms with van der Waals surface area (Å²) in [5.41, 5.74) is 6.19. The number of fused-ring (bicyclic) bond motifs is 3. The summed E-state index contributed by atoms with van der Waals surface area (Å²) in [6.45, 7) is 5.97. The van der Waals surface area contributed by atoms with Crippen molar-refractivity contribution in [2.45, 2.75) is 26.4 Å². The number of amides is 1. The molecule has 3 rings (SSSR count). The van der Waals surface area contributed by atoms with Crippen molar-refractivity contribution in [1.82, 2.24) is 0 Å². The van der Waals surface area contributed by atoms with Crippen LogP contribution < -0.4 is 24.8 Å². The summed E-state index contributed by atoms with van der Waals surface area (Å²) in [6.07, 6.45) is 0.333. The number of halogens is 2. The Hall–Kier alpha value is -0.553. The molecule has 2 nitrogen and oxygen atoms in total. The van der Waals surface area contributed by atoms with Crippen LogP contribution in [0.15, 0.2) is 54.6 Å². The Morgan fingerprint density at radius 2 is 1.25 bits per heavy atom. The molecule has 24 heavy (non-hydrogen) atoms. The summed E-state index contributed by atoms with van der Waals surface area (Å²) < 4.78 is 0. The molecule has 1 amide bonds. The first-order chi connectivity index (χ1) is 10.1. The molecule has 2 radical (unpaired) electrons. The van der Waals surface area contributed by atoms with Gasteiger partial charge in [0.1, 0.15) is 0 Å². The van der Waals surface area contributed by atoms with Gasteiger partial charge >= 0.3 is 25.8 Å². The van der Waals surface area contributed by atoms with E-state index in [1.807, 2.05) is 0 Å². The summed E-state index contributed by atoms with van der Waals surface area (Å²) in [5.74, 6) is -0.495. The Morgan fingerprint density at radius 3 is 1.54 bits per heavy atom. The first-order valence-corrected chi connectivity index (χ1v) is 9.00. The van der Waals surface area contributed by atoms with E-state index in [0.29, 0.717) is 6.42 Å². The molecule has 3 aromatic rings. The van der Waals surface area contributed by atoms with Crippen LogP contribution in [0.25, 0.3) is 27.3 Å². The minimum Gasteiger partial charge on any atom is -1.00 e. The number of nitrogens with one attached hydrogen (secondary N) is 1. The molecule has 0 saturated carbocycles. The van der Waals surface area contributed by atoms with E-state index in [2.05, 4.69) is 67.7 Å². The number of hydrogen-bond donors (Lipinski definition) is 0. The van der Waals surface area contributed by atoms with E-state index in [0.717, 1.165) is 9.52 Å². The van der Waals surface area contributed by atoms with Crippen LogP contribution in [0.4, 0.5) is 0 Å². The van der Waals surface area contributed by atoms with Gasteiger partial charge in [0.25, 0.3) is 0 Å². The van der Waals surface area contributed by atoms with E-state index >= 15 is 0 Å². The molecule has 0 unspecified atom stereocenters. The average Bonchev–Trinajstić information content (AvgIpc) is 2.87. The summed E-state index contributed by atoms with van der Waals surface area (Å²) in [4.78, 5) is 9.48. The molecule has 0 aliphatic heterocycles. The van der Waals surface area contributed by atoms with Crippen molar-refractivity contribution in [2.75, 3.05) is 0 Å². The molecule has 0 aliphatic carbocycles. The molecule has 3 aromatic carbocycles. The van der Waals surface area contributed by atoms with Gasteiger partial charge in [-0.05, 0) is 6.42 Å². The Labute approximate surface area is 178 Å². The van der Waals surface area contributed by atoms with Crippen molar-refractivity contribution >= 4 is 37.0 Å². The van der Waals surface area contributed by atoms with Gasteiger partial charge < -0.3 is 35.3 Å². The zero-order valence-electron chi connectivity index (χ0n) is 14.1. The molecule has 0 atom stereocenters. The van der Waals surface area contributed by atoms with Gasteiger partial charge in [-0.3, -0.25) is 0 Å². The molecule has 0 aliphatic rings. The SMILES string of the molecule is CCC([NH-])=O.C[Si]C.[Cl-].[Cl-].[Hf+4].c1ccc2c(c1)[cH-]c1ccccc12. The van der Waals surface area contributed by atoms with Crippen LogP contribution in [0.1, 0.15) is 13.3 Å². The molecular weight excluding hydrogens is 524 g/mol. The van der Waals surface area contributed by atoms with E-state index in [4.69, 9.17) is 5.73 Å². The van der Waals surface area contributed by atoms with Crippen LogP contribution in [-0.2, 0) is 30.6 Å². The summed E-state index contributed by atoms with van der Waals surface area (Å²) >= 11 is 0. The zero-order chi connectivity index (χ0) is 15.7. The van der Waals surface area contributed by atoms with Gasteiger partial charge in [0.2, 0.25) is 0 Å². The quantitative estimate of drug-likeness (QED) is 0.300. The number of carbonyl (C=O) groups is 1. The van der Waals surface area contributed by atoms with E-state index in [-0.39, 0.29) is 50.7 Å². The van der Waals surface area contributed by atoms with Crippen LogP contribution in [0.3, 0.4) is 0 Å². The van der Waals surface area contributed by atoms with Crippen molar-refractivity contribution in [1.29, 1.82) is 0 Å². The predicted octanol–water partition coefficient (Wildman–Crippen LogP) is -0.521. The van der Waals surface area contributed by atoms with Gasteiger partial charge in [-0.15, -0.1) is 39.7 Å². The number of carbonyl (C=O) groups excluding carboxylic acids is 1. The van der Waals surface area contributed by atoms with Gasteiger partial charge in [0.15, 0.2) is 0 Å². The minimum atomic E-state index is -0.495. The molecule has 126 valence electrons. The number of rotatable bonds is 1. The molecule has 0 saturated heterocycles. The number of benzene rings is 2. The fourth-order valence-electron chi connectivity index (χ4n) is 1.90. The molecule has 1 N–H and O–H groups in total. The third kappa shape index (κ3) is 9.07. The predicted molar refractivity (Wildman–Crippen MR) is 94.1 cm³/mol. The second kappa shape index (κ2) is 15.9. The first-order valence-electron chi connectivity index (χ1n) is 7.00. The van der Waals surface area contributed by atoms with E-state index in [1.54, 1.807) is 6.92 Å². The second-order valence-corrected chi connectivity index (χ2v) is 5.60. The maximum Gasteiger partial charge on any atom is 4.00 e. The van der Waals surface area contributed by atoms with Crippen molar-refractivity contribution in [3.05, 3.63) is 60.3 Å². The largest absolute Gasteiger partial charge is 4.00 e. The van der Waals surface area contributed by atoms with Crippen LogP contribution in [0.2, 0.25) is 13.1 Å². The van der Waals surface area contributed by atoms with Crippen molar-refractivity contribution in [3.63, 3.8) is 0 Å². The molecule has 0 bridgehead atoms. The van der Waals surface area contributed by atoms with E-state index < -0.39 is 5.91 Å². The maximum atomic E-state index is 9.48. The summed E-state index contributed by atoms with van der Waals surface area (Å²) in [5, 5.41) is 5.39. The van der Waals surface area contributed by atoms with E-state index in [9.17, 15) is 4.79 Å². The molecule has 0 fully saturated rings. The van der Waals surface area contributed by atoms with E-state index in [1.165, 1.54) is 21.5 Å². The Morgan fingerprint density at radius 1 is 0.958 bits per heavy atom. The third-order valence-corrected chi connectivity index (χ3v) is 2.84. The van der Waals surface area contributed by atoms with Crippen molar-refractivity contribution in [2.24, 2.45) is 0 Å². The van der Waals surface area contributed by atoms with Gasteiger partial charge in [-0.1, -0.05) is 56.4 Å². The molecule has 0 heterocycles. The van der Waals surface area contributed by atoms with Gasteiger partial charge in [0.05, 0.1) is 0 Å². The molecule has 0 spiro atoms. The van der Waals surface area contributed by atoms with Gasteiger partial charge in [0, 0.05) is 15.4 Å². The first kappa shape index (κ1) is 28.3. The average molecular weight is 545 g/mol. The molecule has 6 heteroatoms. The Kier molecular flexibility index (Phi) is 18.8. The molecule has 0 aromatic heterocycles. The fourth-order valence-corrected chi connectivity index (χ4v) is 1.90. The van der Waals surface area contributed by atoms with Crippen LogP contribution in [0.5, 0.6) is 0 Å². The van der Waals surface area contributed by atoms with Gasteiger partial charge in [-0.25, -0.2) is 0 Å². The zero-order valence-corrected chi connectivity index (χ0v) is 20.2. The van der Waals surface area contributed by atoms with Crippen LogP contribution >= 0.6 is 0 Å². The normalized spacial score (nSPS) is 8.29. The van der Waals surface area contributed by atoms with Crippen LogP contribution in [-0.4, -0.2) is 15.4 Å². The Bertz CT molecular complexity index is 653. The smallest absolute Gasteiger partial charge is 1.00 e. The standard InChI is InChI=1S/C13H9.C3H7NO.C2H6Si.2ClH.Hf/c1-3-7-12-10(5-1)9-11-6-2-4-8-13(11)12;1-2-3(4)5;1-3-2;;;/h1-9H;2H2,1H3,(H2,4,5);1-2H3;2*1H;/q-1;;;;;+4/p-3. The van der Waals surface area contributed by atoms with Crippen molar-refractivity contribution < 1.29 is 55.5 Å². The topological polar surface area (TPSA) is 40.9 Å². The Balaban J connectivity index is -0.000000351. The summed E-state index contributed by atoms with van der Waals surface area (Å²) in [7, 11) is 1.08. The maximum absolute atomic E-state index is 9.48. The molecular formula is C18H21Cl2HfNOSi. The third-order valence-electron chi connectivity index (χ3n) is 2.84. The van der Waals surface area contributed by atoms with Gasteiger partial charge in [-0.2, -0.15) is 0 Å². The monoisotopic (exact) mass is 545 g/mol. The van der Waals surface area contributed by atoms with Crippen molar-refractivity contribution in [3.8, 4) is 0 Å². The summed E-state index contributed by atoms with van der Waals surface area (Å²) in [6, 6.07) is 19.3.